The fourth-order valence-corrected chi connectivity index (χ4v) is 4.16. The zero-order valence-corrected chi connectivity index (χ0v) is 19.9. The summed E-state index contributed by atoms with van der Waals surface area (Å²) in [6, 6.07) is 21.2. The van der Waals surface area contributed by atoms with E-state index in [-0.39, 0.29) is 5.91 Å². The van der Waals surface area contributed by atoms with Crippen molar-refractivity contribution in [3.05, 3.63) is 100 Å². The minimum absolute atomic E-state index is 0.0711. The molecule has 3 heterocycles. The molecule has 3 N–H and O–H groups in total. The highest BCUT2D eigenvalue weighted by Crippen LogP contribution is 2.14. The SMILES string of the molecule is Cc1cc(N[C@@H](Cc2ccccc2)C(=O)NCc2cccs2)nc(NCCc2ccccn2)n1. The second kappa shape index (κ2) is 11.9. The van der Waals surface area contributed by atoms with Gasteiger partial charge in [0.1, 0.15) is 11.9 Å². The van der Waals surface area contributed by atoms with Crippen LogP contribution in [0.1, 0.15) is 21.8 Å². The summed E-state index contributed by atoms with van der Waals surface area (Å²) in [6.07, 6.45) is 3.10. The normalized spacial score (nSPS) is 11.6. The number of anilines is 2. The Bertz CT molecular complexity index is 1170. The van der Waals surface area contributed by atoms with Gasteiger partial charge in [0, 0.05) is 47.9 Å². The average Bonchev–Trinajstić information content (AvgIpc) is 3.37. The molecule has 4 rings (SSSR count). The molecule has 0 spiro atoms. The van der Waals surface area contributed by atoms with Crippen LogP contribution >= 0.6 is 11.3 Å². The number of hydrogen-bond donors (Lipinski definition) is 3. The van der Waals surface area contributed by atoms with E-state index >= 15 is 0 Å². The molecule has 0 saturated carbocycles. The van der Waals surface area contributed by atoms with Crippen LogP contribution in [0.2, 0.25) is 0 Å². The summed E-state index contributed by atoms with van der Waals surface area (Å²) >= 11 is 1.63. The van der Waals surface area contributed by atoms with Crippen LogP contribution in [0.25, 0.3) is 0 Å². The van der Waals surface area contributed by atoms with Gasteiger partial charge >= 0.3 is 0 Å². The van der Waals surface area contributed by atoms with Gasteiger partial charge in [-0.15, -0.1) is 11.3 Å². The summed E-state index contributed by atoms with van der Waals surface area (Å²) in [5.41, 5.74) is 2.90. The Kier molecular flexibility index (Phi) is 8.18. The Labute approximate surface area is 203 Å². The van der Waals surface area contributed by atoms with Gasteiger partial charge in [0.2, 0.25) is 11.9 Å². The number of rotatable bonds is 11. The summed E-state index contributed by atoms with van der Waals surface area (Å²) in [7, 11) is 0. The van der Waals surface area contributed by atoms with E-state index in [9.17, 15) is 4.79 Å². The van der Waals surface area contributed by atoms with Gasteiger partial charge in [-0.2, -0.15) is 4.98 Å². The van der Waals surface area contributed by atoms with Crippen molar-refractivity contribution < 1.29 is 4.79 Å². The molecule has 0 unspecified atom stereocenters. The molecule has 34 heavy (non-hydrogen) atoms. The van der Waals surface area contributed by atoms with Crippen LogP contribution in [-0.4, -0.2) is 33.4 Å². The zero-order valence-electron chi connectivity index (χ0n) is 19.1. The van der Waals surface area contributed by atoms with Gasteiger partial charge in [0.15, 0.2) is 0 Å². The highest BCUT2D eigenvalue weighted by molar-refractivity contribution is 7.09. The van der Waals surface area contributed by atoms with Crippen LogP contribution in [0.4, 0.5) is 11.8 Å². The predicted octanol–water partition coefficient (Wildman–Crippen LogP) is 4.24. The Morgan fingerprint density at radius 2 is 1.88 bits per heavy atom. The first kappa shape index (κ1) is 23.4. The predicted molar refractivity (Wildman–Crippen MR) is 137 cm³/mol. The lowest BCUT2D eigenvalue weighted by Crippen LogP contribution is -2.41. The molecule has 0 bridgehead atoms. The van der Waals surface area contributed by atoms with E-state index in [2.05, 4.69) is 30.9 Å². The van der Waals surface area contributed by atoms with Crippen molar-refractivity contribution in [3.8, 4) is 0 Å². The van der Waals surface area contributed by atoms with E-state index in [4.69, 9.17) is 0 Å². The minimum Gasteiger partial charge on any atom is -0.358 e. The molecule has 1 aromatic carbocycles. The van der Waals surface area contributed by atoms with Gasteiger partial charge in [-0.3, -0.25) is 9.78 Å². The minimum atomic E-state index is -0.474. The Hall–Kier alpha value is -3.78. The van der Waals surface area contributed by atoms with E-state index in [0.717, 1.165) is 28.2 Å². The van der Waals surface area contributed by atoms with E-state index in [1.54, 1.807) is 17.5 Å². The number of aromatic nitrogens is 3. The number of thiophene rings is 1. The summed E-state index contributed by atoms with van der Waals surface area (Å²) in [4.78, 5) is 27.7. The number of aryl methyl sites for hydroxylation is 1. The van der Waals surface area contributed by atoms with Crippen molar-refractivity contribution in [2.45, 2.75) is 32.4 Å². The molecule has 174 valence electrons. The number of hydrogen-bond acceptors (Lipinski definition) is 7. The van der Waals surface area contributed by atoms with Crippen molar-refractivity contribution in [1.82, 2.24) is 20.3 Å². The summed E-state index contributed by atoms with van der Waals surface area (Å²) in [5.74, 6) is 1.06. The largest absolute Gasteiger partial charge is 0.358 e. The Morgan fingerprint density at radius 1 is 1.03 bits per heavy atom. The molecule has 4 aromatic rings. The molecular formula is C26H28N6OS. The Morgan fingerprint density at radius 3 is 2.65 bits per heavy atom. The molecule has 1 amide bonds. The maximum atomic E-state index is 13.1. The smallest absolute Gasteiger partial charge is 0.243 e. The van der Waals surface area contributed by atoms with E-state index in [1.807, 2.05) is 79.0 Å². The van der Waals surface area contributed by atoms with Gasteiger partial charge < -0.3 is 16.0 Å². The monoisotopic (exact) mass is 472 g/mol. The number of nitrogens with zero attached hydrogens (tertiary/aromatic N) is 3. The van der Waals surface area contributed by atoms with Crippen LogP contribution in [0.15, 0.2) is 78.3 Å². The highest BCUT2D eigenvalue weighted by atomic mass is 32.1. The topological polar surface area (TPSA) is 91.8 Å². The second-order valence-corrected chi connectivity index (χ2v) is 8.93. The van der Waals surface area contributed by atoms with Crippen LogP contribution in [-0.2, 0) is 24.2 Å². The summed E-state index contributed by atoms with van der Waals surface area (Å²) < 4.78 is 0. The average molecular weight is 473 g/mol. The molecule has 0 saturated heterocycles. The number of nitrogens with one attached hydrogen (secondary N) is 3. The fraction of sp³-hybridized carbons (Fsp3) is 0.231. The van der Waals surface area contributed by atoms with Gasteiger partial charge in [0.05, 0.1) is 6.54 Å². The van der Waals surface area contributed by atoms with Gasteiger partial charge in [-0.1, -0.05) is 42.5 Å². The van der Waals surface area contributed by atoms with Gasteiger partial charge in [-0.25, -0.2) is 4.98 Å². The summed E-state index contributed by atoms with van der Waals surface area (Å²) in [5, 5.41) is 11.7. The zero-order chi connectivity index (χ0) is 23.6. The van der Waals surface area contributed by atoms with Crippen molar-refractivity contribution in [1.29, 1.82) is 0 Å². The third kappa shape index (κ3) is 7.11. The third-order valence-electron chi connectivity index (χ3n) is 5.18. The van der Waals surface area contributed by atoms with E-state index in [1.165, 1.54) is 0 Å². The summed E-state index contributed by atoms with van der Waals surface area (Å²) in [6.45, 7) is 3.08. The molecule has 8 heteroatoms. The molecule has 0 aliphatic heterocycles. The quantitative estimate of drug-likeness (QED) is 0.303. The lowest BCUT2D eigenvalue weighted by atomic mass is 10.1. The first-order valence-corrected chi connectivity index (χ1v) is 12.1. The molecule has 0 fully saturated rings. The lowest BCUT2D eigenvalue weighted by molar-refractivity contribution is -0.122. The van der Waals surface area contributed by atoms with Crippen LogP contribution in [0, 0.1) is 6.92 Å². The number of benzene rings is 1. The lowest BCUT2D eigenvalue weighted by Gasteiger charge is -2.20. The maximum absolute atomic E-state index is 13.1. The number of carbonyl (C=O) groups excluding carboxylic acids is 1. The number of pyridine rings is 1. The van der Waals surface area contributed by atoms with Crippen LogP contribution < -0.4 is 16.0 Å². The van der Waals surface area contributed by atoms with Gasteiger partial charge in [-0.05, 0) is 36.1 Å². The third-order valence-corrected chi connectivity index (χ3v) is 6.06. The Balaban J connectivity index is 1.44. The second-order valence-electron chi connectivity index (χ2n) is 7.90. The van der Waals surface area contributed by atoms with E-state index in [0.29, 0.717) is 31.3 Å². The first-order valence-electron chi connectivity index (χ1n) is 11.3. The van der Waals surface area contributed by atoms with Crippen molar-refractivity contribution in [2.75, 3.05) is 17.2 Å². The highest BCUT2D eigenvalue weighted by Gasteiger charge is 2.20. The van der Waals surface area contributed by atoms with Crippen molar-refractivity contribution in [3.63, 3.8) is 0 Å². The standard InChI is InChI=1S/C26H28N6OS/c1-19-16-24(32-26(30-19)28-14-12-21-10-5-6-13-27-21)31-23(17-20-8-3-2-4-9-20)25(33)29-18-22-11-7-15-34-22/h2-11,13,15-16,23H,12,14,17-18H2,1H3,(H,29,33)(H2,28,30,31,32)/t23-/m0/s1. The van der Waals surface area contributed by atoms with E-state index < -0.39 is 6.04 Å². The van der Waals surface area contributed by atoms with Crippen LogP contribution in [0.5, 0.6) is 0 Å². The molecular weight excluding hydrogens is 444 g/mol. The molecule has 0 aliphatic rings. The van der Waals surface area contributed by atoms with Crippen molar-refractivity contribution >= 4 is 29.0 Å². The molecule has 7 nitrogen and oxygen atoms in total. The van der Waals surface area contributed by atoms with Crippen molar-refractivity contribution in [2.24, 2.45) is 0 Å². The number of amides is 1. The molecule has 1 atom stereocenters. The molecule has 3 aromatic heterocycles. The molecule has 0 aliphatic carbocycles. The fourth-order valence-electron chi connectivity index (χ4n) is 3.52. The number of carbonyl (C=O) groups is 1. The van der Waals surface area contributed by atoms with Crippen LogP contribution in [0.3, 0.4) is 0 Å². The molecule has 0 radical (unpaired) electrons. The van der Waals surface area contributed by atoms with Gasteiger partial charge in [0.25, 0.3) is 0 Å². The first-order chi connectivity index (χ1) is 16.7. The maximum Gasteiger partial charge on any atom is 0.243 e.